The van der Waals surface area contributed by atoms with Crippen LogP contribution in [0.4, 0.5) is 0 Å². The van der Waals surface area contributed by atoms with Gasteiger partial charge in [-0.25, -0.2) is 4.79 Å². The summed E-state index contributed by atoms with van der Waals surface area (Å²) >= 11 is 0. The number of carbonyl (C=O) groups excluding carboxylic acids is 3. The quantitative estimate of drug-likeness (QED) is 0.512. The topological polar surface area (TPSA) is 90.9 Å². The average molecular weight is 393 g/mol. The van der Waals surface area contributed by atoms with Gasteiger partial charge < -0.3 is 19.5 Å². The predicted molar refractivity (Wildman–Crippen MR) is 106 cm³/mol. The normalized spacial score (nSPS) is 11.5. The van der Waals surface area contributed by atoms with Crippen LogP contribution in [-0.4, -0.2) is 43.5 Å². The van der Waals surface area contributed by atoms with Crippen molar-refractivity contribution in [3.8, 4) is 11.5 Å². The van der Waals surface area contributed by atoms with Crippen molar-refractivity contribution in [3.05, 3.63) is 23.8 Å². The summed E-state index contributed by atoms with van der Waals surface area (Å²) in [4.78, 5) is 35.3. The number of amides is 1. The van der Waals surface area contributed by atoms with Gasteiger partial charge in [0.1, 0.15) is 0 Å². The number of ether oxygens (including phenoxy) is 3. The van der Waals surface area contributed by atoms with E-state index in [1.54, 1.807) is 12.1 Å². The smallest absolute Gasteiger partial charge is 0.344 e. The number of Topliss-reactive ketones (excluding diaryl/α,β-unsaturated/α-hetero) is 1. The van der Waals surface area contributed by atoms with Gasteiger partial charge in [0.15, 0.2) is 30.5 Å². The number of hydrogen-bond acceptors (Lipinski definition) is 6. The molecule has 0 aliphatic heterocycles. The molecule has 0 bridgehead atoms. The van der Waals surface area contributed by atoms with E-state index >= 15 is 0 Å². The van der Waals surface area contributed by atoms with Crippen LogP contribution in [0.3, 0.4) is 0 Å². The summed E-state index contributed by atoms with van der Waals surface area (Å²) in [5.74, 6) is -0.514. The molecule has 0 unspecified atom stereocenters. The van der Waals surface area contributed by atoms with Gasteiger partial charge in [-0.05, 0) is 50.8 Å². The molecule has 0 spiro atoms. The predicted octanol–water partition coefficient (Wildman–Crippen LogP) is 3.15. The van der Waals surface area contributed by atoms with Crippen molar-refractivity contribution in [2.75, 3.05) is 20.3 Å². The van der Waals surface area contributed by atoms with Crippen LogP contribution in [0.15, 0.2) is 18.2 Å². The second-order valence-corrected chi connectivity index (χ2v) is 8.54. The maximum absolute atomic E-state index is 12.0. The van der Waals surface area contributed by atoms with Crippen LogP contribution in [0.5, 0.6) is 11.5 Å². The van der Waals surface area contributed by atoms with Gasteiger partial charge in [-0.2, -0.15) is 0 Å². The van der Waals surface area contributed by atoms with E-state index in [9.17, 15) is 14.4 Å². The molecular formula is C21H31NO6. The Kier molecular flexibility index (Phi) is 8.02. The number of methoxy groups -OCH3 is 1. The molecule has 1 aromatic rings. The van der Waals surface area contributed by atoms with E-state index in [4.69, 9.17) is 14.2 Å². The van der Waals surface area contributed by atoms with Gasteiger partial charge >= 0.3 is 5.97 Å². The van der Waals surface area contributed by atoms with Gasteiger partial charge in [0.25, 0.3) is 5.91 Å². The molecule has 0 aliphatic carbocycles. The van der Waals surface area contributed by atoms with Crippen molar-refractivity contribution in [1.82, 2.24) is 5.32 Å². The van der Waals surface area contributed by atoms with Crippen molar-refractivity contribution >= 4 is 17.7 Å². The van der Waals surface area contributed by atoms with Crippen LogP contribution >= 0.6 is 0 Å². The third-order valence-corrected chi connectivity index (χ3v) is 3.73. The second kappa shape index (κ2) is 9.57. The molecule has 1 amide bonds. The Morgan fingerprint density at radius 2 is 1.64 bits per heavy atom. The van der Waals surface area contributed by atoms with E-state index in [0.29, 0.717) is 17.1 Å². The number of benzene rings is 1. The SMILES string of the molecule is COc1cc(C(C)=O)ccc1OCC(=O)OCC(=O)NC(C)(C)CC(C)(C)C. The van der Waals surface area contributed by atoms with E-state index in [-0.39, 0.29) is 30.3 Å². The fraction of sp³-hybridized carbons (Fsp3) is 0.571. The summed E-state index contributed by atoms with van der Waals surface area (Å²) in [7, 11) is 1.44. The van der Waals surface area contributed by atoms with Crippen LogP contribution < -0.4 is 14.8 Å². The second-order valence-electron chi connectivity index (χ2n) is 8.54. The first-order valence-electron chi connectivity index (χ1n) is 9.11. The van der Waals surface area contributed by atoms with Crippen molar-refractivity contribution in [2.45, 2.75) is 53.5 Å². The Morgan fingerprint density at radius 1 is 1.00 bits per heavy atom. The highest BCUT2D eigenvalue weighted by Crippen LogP contribution is 2.28. The Bertz CT molecular complexity index is 718. The molecule has 0 atom stereocenters. The summed E-state index contributed by atoms with van der Waals surface area (Å²) in [5, 5.41) is 2.87. The molecule has 7 nitrogen and oxygen atoms in total. The van der Waals surface area contributed by atoms with E-state index in [2.05, 4.69) is 26.1 Å². The third kappa shape index (κ3) is 8.41. The Hall–Kier alpha value is -2.57. The Morgan fingerprint density at radius 3 is 2.18 bits per heavy atom. The minimum absolute atomic E-state index is 0.0539. The molecule has 1 N–H and O–H groups in total. The zero-order valence-corrected chi connectivity index (χ0v) is 17.8. The standard InChI is InChI=1S/C21H31NO6/c1-14(23)15-8-9-16(17(10-15)26-7)27-12-19(25)28-11-18(24)22-21(5,6)13-20(2,3)4/h8-10H,11-13H2,1-7H3,(H,22,24). The average Bonchev–Trinajstić information content (AvgIpc) is 2.55. The number of rotatable bonds is 9. The highest BCUT2D eigenvalue weighted by atomic mass is 16.6. The van der Waals surface area contributed by atoms with Gasteiger partial charge in [-0.3, -0.25) is 9.59 Å². The van der Waals surface area contributed by atoms with Crippen molar-refractivity contribution < 1.29 is 28.6 Å². The monoisotopic (exact) mass is 393 g/mol. The first-order valence-corrected chi connectivity index (χ1v) is 9.11. The van der Waals surface area contributed by atoms with E-state index in [0.717, 1.165) is 6.42 Å². The fourth-order valence-corrected chi connectivity index (χ4v) is 3.11. The van der Waals surface area contributed by atoms with Crippen LogP contribution in [0.25, 0.3) is 0 Å². The molecule has 1 aromatic carbocycles. The number of hydrogen-bond donors (Lipinski definition) is 1. The van der Waals surface area contributed by atoms with Gasteiger partial charge in [-0.1, -0.05) is 20.8 Å². The van der Waals surface area contributed by atoms with E-state index in [1.807, 2.05) is 13.8 Å². The largest absolute Gasteiger partial charge is 0.493 e. The lowest BCUT2D eigenvalue weighted by atomic mass is 9.82. The molecule has 7 heteroatoms. The number of ketones is 1. The van der Waals surface area contributed by atoms with Crippen molar-refractivity contribution in [2.24, 2.45) is 5.41 Å². The molecule has 0 radical (unpaired) electrons. The van der Waals surface area contributed by atoms with Gasteiger partial charge in [0.05, 0.1) is 7.11 Å². The highest BCUT2D eigenvalue weighted by Gasteiger charge is 2.27. The minimum atomic E-state index is -0.679. The number of esters is 1. The summed E-state index contributed by atoms with van der Waals surface area (Å²) in [5.41, 5.74) is 0.115. The summed E-state index contributed by atoms with van der Waals surface area (Å²) in [6, 6.07) is 4.66. The van der Waals surface area contributed by atoms with Crippen LogP contribution in [0.1, 0.15) is 58.3 Å². The van der Waals surface area contributed by atoms with Gasteiger partial charge in [-0.15, -0.1) is 0 Å². The van der Waals surface area contributed by atoms with Crippen LogP contribution in [0, 0.1) is 5.41 Å². The van der Waals surface area contributed by atoms with Crippen molar-refractivity contribution in [1.29, 1.82) is 0 Å². The van der Waals surface area contributed by atoms with Crippen LogP contribution in [-0.2, 0) is 14.3 Å². The molecule has 0 aliphatic rings. The molecule has 156 valence electrons. The first-order chi connectivity index (χ1) is 12.8. The Balaban J connectivity index is 2.51. The molecule has 28 heavy (non-hydrogen) atoms. The molecule has 0 fully saturated rings. The Labute approximate surface area is 166 Å². The van der Waals surface area contributed by atoms with Gasteiger partial charge in [0, 0.05) is 11.1 Å². The van der Waals surface area contributed by atoms with Crippen LogP contribution in [0.2, 0.25) is 0 Å². The highest BCUT2D eigenvalue weighted by molar-refractivity contribution is 5.94. The summed E-state index contributed by atoms with van der Waals surface area (Å²) in [6.45, 7) is 10.8. The molecular weight excluding hydrogens is 362 g/mol. The molecule has 0 saturated carbocycles. The lowest BCUT2D eigenvalue weighted by molar-refractivity contribution is -0.151. The zero-order chi connectivity index (χ0) is 21.5. The van der Waals surface area contributed by atoms with E-state index in [1.165, 1.54) is 20.1 Å². The zero-order valence-electron chi connectivity index (χ0n) is 17.8. The summed E-state index contributed by atoms with van der Waals surface area (Å²) < 4.78 is 15.5. The lowest BCUT2D eigenvalue weighted by Crippen LogP contribution is -2.47. The number of nitrogens with one attached hydrogen (secondary N) is 1. The summed E-state index contributed by atoms with van der Waals surface area (Å²) in [6.07, 6.45) is 0.777. The number of carbonyl (C=O) groups is 3. The molecule has 0 aromatic heterocycles. The fourth-order valence-electron chi connectivity index (χ4n) is 3.11. The van der Waals surface area contributed by atoms with Crippen molar-refractivity contribution in [3.63, 3.8) is 0 Å². The molecule has 0 heterocycles. The minimum Gasteiger partial charge on any atom is -0.493 e. The first kappa shape index (κ1) is 23.5. The van der Waals surface area contributed by atoms with Gasteiger partial charge in [0.2, 0.25) is 0 Å². The molecule has 0 saturated heterocycles. The maximum atomic E-state index is 12.0. The lowest BCUT2D eigenvalue weighted by Gasteiger charge is -2.33. The third-order valence-electron chi connectivity index (χ3n) is 3.73. The maximum Gasteiger partial charge on any atom is 0.344 e. The van der Waals surface area contributed by atoms with E-state index < -0.39 is 11.5 Å². The molecule has 1 rings (SSSR count).